The van der Waals surface area contributed by atoms with Crippen LogP contribution in [0.15, 0.2) is 42.7 Å². The molecule has 3 heterocycles. The van der Waals surface area contributed by atoms with Crippen molar-refractivity contribution in [3.05, 3.63) is 64.1 Å². The highest BCUT2D eigenvalue weighted by atomic mass is 16.6. The highest BCUT2D eigenvalue weighted by Crippen LogP contribution is 2.26. The number of anilines is 1. The summed E-state index contributed by atoms with van der Waals surface area (Å²) in [5.74, 6) is 0.780. The lowest BCUT2D eigenvalue weighted by Gasteiger charge is -2.28. The molecule has 1 aliphatic heterocycles. The topological polar surface area (TPSA) is 72.2 Å². The zero-order valence-electron chi connectivity index (χ0n) is 12.3. The molecule has 0 aromatic carbocycles. The molecule has 0 bridgehead atoms. The molecule has 0 fully saturated rings. The smallest absolute Gasteiger partial charge is 0.290 e. The third-order valence-corrected chi connectivity index (χ3v) is 3.77. The molecule has 6 heteroatoms. The number of aryl methyl sites for hydroxylation is 1. The van der Waals surface area contributed by atoms with E-state index in [-0.39, 0.29) is 5.69 Å². The van der Waals surface area contributed by atoms with Crippen molar-refractivity contribution in [2.75, 3.05) is 18.0 Å². The first-order valence-electron chi connectivity index (χ1n) is 7.11. The second-order valence-electron chi connectivity index (χ2n) is 5.21. The van der Waals surface area contributed by atoms with Crippen LogP contribution in [0.25, 0.3) is 5.57 Å². The van der Waals surface area contributed by atoms with Crippen molar-refractivity contribution in [3.63, 3.8) is 0 Å². The van der Waals surface area contributed by atoms with Gasteiger partial charge in [-0.05, 0) is 42.7 Å². The van der Waals surface area contributed by atoms with Gasteiger partial charge in [-0.15, -0.1) is 0 Å². The van der Waals surface area contributed by atoms with Crippen molar-refractivity contribution < 1.29 is 4.92 Å². The van der Waals surface area contributed by atoms with Crippen LogP contribution in [0.2, 0.25) is 0 Å². The Kier molecular flexibility index (Phi) is 3.82. The highest BCUT2D eigenvalue weighted by Gasteiger charge is 2.18. The van der Waals surface area contributed by atoms with E-state index in [0.29, 0.717) is 5.69 Å². The Labute approximate surface area is 128 Å². The molecule has 112 valence electrons. The summed E-state index contributed by atoms with van der Waals surface area (Å²) in [6.45, 7) is 3.28. The summed E-state index contributed by atoms with van der Waals surface area (Å²) in [6.07, 6.45) is 6.71. The molecule has 0 atom stereocenters. The van der Waals surface area contributed by atoms with E-state index >= 15 is 0 Å². The van der Waals surface area contributed by atoms with Crippen molar-refractivity contribution in [1.29, 1.82) is 0 Å². The Bertz CT molecular complexity index is 728. The first kappa shape index (κ1) is 14.2. The number of aromatic nitrogens is 2. The Morgan fingerprint density at radius 1 is 1.23 bits per heavy atom. The van der Waals surface area contributed by atoms with Crippen molar-refractivity contribution in [2.24, 2.45) is 0 Å². The summed E-state index contributed by atoms with van der Waals surface area (Å²) >= 11 is 0. The average molecular weight is 296 g/mol. The van der Waals surface area contributed by atoms with E-state index in [4.69, 9.17) is 0 Å². The molecule has 0 saturated carbocycles. The predicted molar refractivity (Wildman–Crippen MR) is 84.7 cm³/mol. The van der Waals surface area contributed by atoms with Gasteiger partial charge in [-0.25, -0.2) is 4.98 Å². The third-order valence-electron chi connectivity index (χ3n) is 3.77. The number of nitro groups is 1. The van der Waals surface area contributed by atoms with E-state index in [1.165, 1.54) is 11.6 Å². The van der Waals surface area contributed by atoms with E-state index in [2.05, 4.69) is 20.9 Å². The van der Waals surface area contributed by atoms with E-state index in [1.54, 1.807) is 25.4 Å². The van der Waals surface area contributed by atoms with Gasteiger partial charge in [0.1, 0.15) is 11.5 Å². The highest BCUT2D eigenvalue weighted by molar-refractivity contribution is 5.71. The van der Waals surface area contributed by atoms with Crippen LogP contribution < -0.4 is 4.90 Å². The van der Waals surface area contributed by atoms with Crippen molar-refractivity contribution in [2.45, 2.75) is 13.3 Å². The monoisotopic (exact) mass is 296 g/mol. The van der Waals surface area contributed by atoms with E-state index < -0.39 is 4.92 Å². The van der Waals surface area contributed by atoms with Gasteiger partial charge in [0.15, 0.2) is 0 Å². The summed E-state index contributed by atoms with van der Waals surface area (Å²) < 4.78 is 0. The maximum atomic E-state index is 10.9. The number of pyridine rings is 2. The van der Waals surface area contributed by atoms with E-state index in [1.807, 2.05) is 12.1 Å². The Balaban J connectivity index is 1.84. The molecule has 22 heavy (non-hydrogen) atoms. The molecule has 0 N–H and O–H groups in total. The molecule has 2 aromatic heterocycles. The van der Waals surface area contributed by atoms with E-state index in [9.17, 15) is 10.1 Å². The summed E-state index contributed by atoms with van der Waals surface area (Å²) in [6, 6.07) is 7.23. The van der Waals surface area contributed by atoms with Crippen LogP contribution in [0.3, 0.4) is 0 Å². The second-order valence-corrected chi connectivity index (χ2v) is 5.21. The van der Waals surface area contributed by atoms with Gasteiger partial charge in [0, 0.05) is 31.5 Å². The first-order chi connectivity index (χ1) is 10.6. The van der Waals surface area contributed by atoms with Gasteiger partial charge in [0.2, 0.25) is 0 Å². The fraction of sp³-hybridized carbons (Fsp3) is 0.250. The minimum absolute atomic E-state index is 0.0608. The fourth-order valence-electron chi connectivity index (χ4n) is 2.62. The summed E-state index contributed by atoms with van der Waals surface area (Å²) in [4.78, 5) is 21.1. The molecule has 6 nitrogen and oxygen atoms in total. The minimum atomic E-state index is -0.398. The molecular formula is C16H16N4O2. The van der Waals surface area contributed by atoms with Gasteiger partial charge in [0.25, 0.3) is 5.69 Å². The van der Waals surface area contributed by atoms with E-state index in [0.717, 1.165) is 30.9 Å². The Morgan fingerprint density at radius 3 is 2.68 bits per heavy atom. The molecule has 0 radical (unpaired) electrons. The molecule has 0 amide bonds. The molecular weight excluding hydrogens is 280 g/mol. The molecule has 3 rings (SSSR count). The molecule has 1 aliphatic rings. The third kappa shape index (κ3) is 2.81. The summed E-state index contributed by atoms with van der Waals surface area (Å²) in [5, 5.41) is 10.9. The fourth-order valence-corrected chi connectivity index (χ4v) is 2.62. The van der Waals surface area contributed by atoms with Gasteiger partial charge >= 0.3 is 0 Å². The normalized spacial score (nSPS) is 14.6. The largest absolute Gasteiger partial charge is 0.352 e. The van der Waals surface area contributed by atoms with Gasteiger partial charge < -0.3 is 4.90 Å². The van der Waals surface area contributed by atoms with Crippen LogP contribution in [0.1, 0.15) is 17.7 Å². The van der Waals surface area contributed by atoms with Gasteiger partial charge in [-0.3, -0.25) is 15.1 Å². The number of rotatable bonds is 3. The number of hydrogen-bond acceptors (Lipinski definition) is 5. The lowest BCUT2D eigenvalue weighted by atomic mass is 10.0. The van der Waals surface area contributed by atoms with Gasteiger partial charge in [-0.1, -0.05) is 6.08 Å². The maximum Gasteiger partial charge on any atom is 0.290 e. The lowest BCUT2D eigenvalue weighted by Crippen LogP contribution is -2.30. The quantitative estimate of drug-likeness (QED) is 0.643. The summed E-state index contributed by atoms with van der Waals surface area (Å²) in [7, 11) is 0. The van der Waals surface area contributed by atoms with Crippen LogP contribution in [-0.2, 0) is 0 Å². The molecule has 0 unspecified atom stereocenters. The number of hydrogen-bond donors (Lipinski definition) is 0. The SMILES string of the molecule is Cc1nc(N2CCC=C(c3ccncc3)C2)ccc1[N+](=O)[O-]. The molecule has 2 aromatic rings. The average Bonchev–Trinajstić information content (AvgIpc) is 2.55. The standard InChI is InChI=1S/C16H16N4O2/c1-12-15(20(21)22)4-5-16(18-12)19-10-2-3-14(11-19)13-6-8-17-9-7-13/h3-9H,2,10-11H2,1H3. The zero-order chi connectivity index (χ0) is 15.5. The predicted octanol–water partition coefficient (Wildman–Crippen LogP) is 2.99. The molecule has 0 aliphatic carbocycles. The van der Waals surface area contributed by atoms with Gasteiger partial charge in [-0.2, -0.15) is 0 Å². The Hall–Kier alpha value is -2.76. The van der Waals surface area contributed by atoms with Crippen molar-refractivity contribution >= 4 is 17.1 Å². The Morgan fingerprint density at radius 2 is 2.00 bits per heavy atom. The summed E-state index contributed by atoms with van der Waals surface area (Å²) in [5.41, 5.74) is 2.89. The zero-order valence-corrected chi connectivity index (χ0v) is 12.3. The maximum absolute atomic E-state index is 10.9. The van der Waals surface area contributed by atoms with Crippen molar-refractivity contribution in [3.8, 4) is 0 Å². The minimum Gasteiger partial charge on any atom is -0.352 e. The molecule has 0 spiro atoms. The van der Waals surface area contributed by atoms with Crippen LogP contribution in [0.5, 0.6) is 0 Å². The van der Waals surface area contributed by atoms with Gasteiger partial charge in [0.05, 0.1) is 4.92 Å². The van der Waals surface area contributed by atoms with Crippen LogP contribution in [0.4, 0.5) is 11.5 Å². The lowest BCUT2D eigenvalue weighted by molar-refractivity contribution is -0.385. The van der Waals surface area contributed by atoms with Crippen molar-refractivity contribution in [1.82, 2.24) is 9.97 Å². The first-order valence-corrected chi connectivity index (χ1v) is 7.11. The van der Waals surface area contributed by atoms with Crippen LogP contribution in [-0.4, -0.2) is 28.0 Å². The second kappa shape index (κ2) is 5.93. The van der Waals surface area contributed by atoms with Crippen LogP contribution >= 0.6 is 0 Å². The van der Waals surface area contributed by atoms with Crippen LogP contribution in [0, 0.1) is 17.0 Å². The molecule has 0 saturated heterocycles. The number of nitrogens with zero attached hydrogens (tertiary/aromatic N) is 4.